The monoisotopic (exact) mass is 398 g/mol. The van der Waals surface area contributed by atoms with Gasteiger partial charge in [0.2, 0.25) is 0 Å². The molecule has 0 saturated carbocycles. The average molecular weight is 398 g/mol. The third-order valence-electron chi connectivity index (χ3n) is 4.87. The van der Waals surface area contributed by atoms with Crippen LogP contribution in [0.2, 0.25) is 0 Å². The highest BCUT2D eigenvalue weighted by molar-refractivity contribution is 6.06. The van der Waals surface area contributed by atoms with E-state index in [0.29, 0.717) is 42.0 Å². The van der Waals surface area contributed by atoms with Crippen molar-refractivity contribution in [3.63, 3.8) is 0 Å². The van der Waals surface area contributed by atoms with Crippen molar-refractivity contribution >= 4 is 16.9 Å². The molecule has 4 aromatic heterocycles. The summed E-state index contributed by atoms with van der Waals surface area (Å²) in [6, 6.07) is 9.36. The Bertz CT molecular complexity index is 1240. The van der Waals surface area contributed by atoms with Crippen molar-refractivity contribution in [2.24, 2.45) is 0 Å². The minimum absolute atomic E-state index is 0.243. The first-order valence-electron chi connectivity index (χ1n) is 9.46. The van der Waals surface area contributed by atoms with E-state index >= 15 is 0 Å². The molecule has 1 amide bonds. The largest absolute Gasteiger partial charge is 0.278 e. The van der Waals surface area contributed by atoms with Gasteiger partial charge in [0.05, 0.1) is 42.5 Å². The molecule has 8 nitrogen and oxygen atoms in total. The highest BCUT2D eigenvalue weighted by Crippen LogP contribution is 2.27. The zero-order valence-electron chi connectivity index (χ0n) is 16.1. The molecule has 0 radical (unpaired) electrons. The fourth-order valence-corrected chi connectivity index (χ4v) is 3.40. The molecule has 30 heavy (non-hydrogen) atoms. The molecule has 0 N–H and O–H groups in total. The number of fused-ring (bicyclic) bond motifs is 1. The topological polar surface area (TPSA) is 86.0 Å². The van der Waals surface area contributed by atoms with Gasteiger partial charge in [0.15, 0.2) is 5.65 Å². The summed E-state index contributed by atoms with van der Waals surface area (Å²) in [6.07, 6.45) is 8.60. The summed E-state index contributed by atoms with van der Waals surface area (Å²) in [4.78, 5) is 31.9. The summed E-state index contributed by atoms with van der Waals surface area (Å²) >= 11 is 0. The number of carbonyl (C=O) groups excluding carboxylic acids is 1. The third kappa shape index (κ3) is 3.33. The van der Waals surface area contributed by atoms with Crippen molar-refractivity contribution in [1.82, 2.24) is 29.8 Å². The van der Waals surface area contributed by atoms with Crippen LogP contribution >= 0.6 is 0 Å². The second-order valence-corrected chi connectivity index (χ2v) is 7.06. The van der Waals surface area contributed by atoms with Crippen LogP contribution in [0.4, 0.5) is 0 Å². The van der Waals surface area contributed by atoms with Crippen molar-refractivity contribution in [2.75, 3.05) is 13.2 Å². The van der Waals surface area contributed by atoms with Gasteiger partial charge in [-0.1, -0.05) is 12.6 Å². The number of rotatable bonds is 4. The van der Waals surface area contributed by atoms with Crippen molar-refractivity contribution < 1.29 is 9.63 Å². The van der Waals surface area contributed by atoms with E-state index in [9.17, 15) is 4.79 Å². The Morgan fingerprint density at radius 1 is 1.13 bits per heavy atom. The lowest BCUT2D eigenvalue weighted by atomic mass is 10.1. The molecule has 4 aromatic rings. The van der Waals surface area contributed by atoms with E-state index in [2.05, 4.69) is 21.6 Å². The Hall–Kier alpha value is -3.91. The van der Waals surface area contributed by atoms with Gasteiger partial charge in [-0.15, -0.1) is 0 Å². The van der Waals surface area contributed by atoms with Gasteiger partial charge in [-0.05, 0) is 35.4 Å². The van der Waals surface area contributed by atoms with Crippen LogP contribution in [0, 0.1) is 0 Å². The number of hydrogen-bond donors (Lipinski definition) is 0. The van der Waals surface area contributed by atoms with Crippen molar-refractivity contribution in [1.29, 1.82) is 0 Å². The van der Waals surface area contributed by atoms with Gasteiger partial charge in [-0.2, -0.15) is 5.10 Å². The van der Waals surface area contributed by atoms with E-state index in [1.54, 1.807) is 41.7 Å². The molecule has 0 spiro atoms. The van der Waals surface area contributed by atoms with Crippen molar-refractivity contribution in [2.45, 2.75) is 6.54 Å². The number of pyridine rings is 3. The number of carbonyl (C=O) groups is 1. The summed E-state index contributed by atoms with van der Waals surface area (Å²) in [5, 5.41) is 6.49. The summed E-state index contributed by atoms with van der Waals surface area (Å²) in [6.45, 7) is 5.10. The van der Waals surface area contributed by atoms with Gasteiger partial charge in [0, 0.05) is 30.4 Å². The van der Waals surface area contributed by atoms with Crippen molar-refractivity contribution in [3.05, 3.63) is 84.6 Å². The number of hydroxylamine groups is 2. The van der Waals surface area contributed by atoms with Gasteiger partial charge in [0.25, 0.3) is 5.91 Å². The van der Waals surface area contributed by atoms with Crippen LogP contribution in [0.1, 0.15) is 15.9 Å². The van der Waals surface area contributed by atoms with Crippen LogP contribution in [-0.2, 0) is 11.4 Å². The smallest absolute Gasteiger partial charge is 0.267 e. The van der Waals surface area contributed by atoms with Crippen LogP contribution in [0.15, 0.2) is 73.5 Å². The maximum atomic E-state index is 13.2. The Morgan fingerprint density at radius 2 is 1.97 bits per heavy atom. The quantitative estimate of drug-likeness (QED) is 0.492. The second-order valence-electron chi connectivity index (χ2n) is 7.06. The molecular formula is C22H18N6O2. The summed E-state index contributed by atoms with van der Waals surface area (Å²) in [5.41, 5.74) is 4.39. The van der Waals surface area contributed by atoms with Gasteiger partial charge >= 0.3 is 0 Å². The molecule has 5 rings (SSSR count). The molecular weight excluding hydrogens is 380 g/mol. The molecule has 148 valence electrons. The van der Waals surface area contributed by atoms with Gasteiger partial charge in [-0.3, -0.25) is 19.6 Å². The zero-order valence-corrected chi connectivity index (χ0v) is 16.1. The second kappa shape index (κ2) is 7.49. The molecule has 0 bridgehead atoms. The summed E-state index contributed by atoms with van der Waals surface area (Å²) in [7, 11) is 0. The van der Waals surface area contributed by atoms with E-state index in [-0.39, 0.29) is 5.91 Å². The first kappa shape index (κ1) is 18.1. The molecule has 0 unspecified atom stereocenters. The number of aromatic nitrogens is 5. The van der Waals surface area contributed by atoms with Crippen LogP contribution in [-0.4, -0.2) is 48.9 Å². The van der Waals surface area contributed by atoms with Crippen LogP contribution in [0.3, 0.4) is 0 Å². The molecule has 1 aliphatic heterocycles. The summed E-state index contributed by atoms with van der Waals surface area (Å²) in [5.74, 6) is -0.243. The lowest BCUT2D eigenvalue weighted by molar-refractivity contribution is -0.0763. The average Bonchev–Trinajstić information content (AvgIpc) is 3.40. The minimum atomic E-state index is -0.243. The highest BCUT2D eigenvalue weighted by Gasteiger charge is 2.26. The molecule has 1 fully saturated rings. The fraction of sp³-hybridized carbons (Fsp3) is 0.136. The minimum Gasteiger partial charge on any atom is -0.267 e. The zero-order chi connectivity index (χ0) is 20.5. The van der Waals surface area contributed by atoms with E-state index in [0.717, 1.165) is 16.7 Å². The number of hydrogen-bond acceptors (Lipinski definition) is 6. The third-order valence-corrected chi connectivity index (χ3v) is 4.87. The van der Waals surface area contributed by atoms with E-state index < -0.39 is 0 Å². The molecule has 5 heterocycles. The predicted molar refractivity (Wildman–Crippen MR) is 110 cm³/mol. The van der Waals surface area contributed by atoms with E-state index in [1.807, 2.05) is 24.3 Å². The van der Waals surface area contributed by atoms with Gasteiger partial charge < -0.3 is 0 Å². The van der Waals surface area contributed by atoms with Crippen LogP contribution in [0.25, 0.3) is 22.3 Å². The molecule has 0 atom stereocenters. The van der Waals surface area contributed by atoms with Gasteiger partial charge in [0.1, 0.15) is 0 Å². The molecule has 8 heteroatoms. The first-order valence-corrected chi connectivity index (χ1v) is 9.46. The van der Waals surface area contributed by atoms with Crippen LogP contribution < -0.4 is 0 Å². The molecule has 1 aliphatic rings. The Morgan fingerprint density at radius 3 is 2.67 bits per heavy atom. The first-order chi connectivity index (χ1) is 14.7. The number of amides is 1. The van der Waals surface area contributed by atoms with Crippen LogP contribution in [0.5, 0.6) is 0 Å². The molecule has 1 saturated heterocycles. The normalized spacial score (nSPS) is 13.9. The lowest BCUT2D eigenvalue weighted by Gasteiger charge is -2.15. The van der Waals surface area contributed by atoms with Crippen molar-refractivity contribution in [3.8, 4) is 11.3 Å². The Balaban J connectivity index is 1.64. The molecule has 0 aromatic carbocycles. The Kier molecular flexibility index (Phi) is 4.53. The van der Waals surface area contributed by atoms with Gasteiger partial charge in [-0.25, -0.2) is 14.7 Å². The Labute approximate surface area is 172 Å². The van der Waals surface area contributed by atoms with E-state index in [4.69, 9.17) is 9.82 Å². The SMILES string of the molecule is C=C1CON(C(=O)c2cc(-c3cccnc3)nc3c2cnn3Cc2cccnc2)C1. The standard InChI is InChI=1S/C22H18N6O2/c1-15-12-28(30-14-15)22(29)18-8-20(17-5-3-7-24-10-17)26-21-19(18)11-25-27(21)13-16-4-2-6-23-9-16/h2-11H,1,12-14H2. The maximum Gasteiger partial charge on any atom is 0.278 e. The number of nitrogens with zero attached hydrogens (tertiary/aromatic N) is 6. The summed E-state index contributed by atoms with van der Waals surface area (Å²) < 4.78 is 1.77. The maximum absolute atomic E-state index is 13.2. The lowest BCUT2D eigenvalue weighted by Crippen LogP contribution is -2.27. The predicted octanol–water partition coefficient (Wildman–Crippen LogP) is 2.88. The fourth-order valence-electron chi connectivity index (χ4n) is 3.40. The van der Waals surface area contributed by atoms with E-state index in [1.165, 1.54) is 5.06 Å². The molecule has 0 aliphatic carbocycles. The highest BCUT2D eigenvalue weighted by atomic mass is 16.7.